The Morgan fingerprint density at radius 1 is 1.11 bits per heavy atom. The molecule has 0 aliphatic heterocycles. The molecule has 0 aliphatic rings. The summed E-state index contributed by atoms with van der Waals surface area (Å²) in [5.41, 5.74) is 1.17. The van der Waals surface area contributed by atoms with Gasteiger partial charge in [0.2, 0.25) is 0 Å². The first kappa shape index (κ1) is 14.0. The van der Waals surface area contributed by atoms with Crippen molar-refractivity contribution in [2.75, 3.05) is 14.2 Å². The van der Waals surface area contributed by atoms with Crippen LogP contribution in [0, 0.1) is 0 Å². The molecule has 2 heteroatoms. The van der Waals surface area contributed by atoms with E-state index in [1.54, 1.807) is 7.11 Å². The third kappa shape index (κ3) is 2.96. The van der Waals surface area contributed by atoms with Crippen LogP contribution in [0.15, 0.2) is 42.5 Å². The Morgan fingerprint density at radius 3 is 2.47 bits per heavy atom. The lowest BCUT2D eigenvalue weighted by Crippen LogP contribution is -2.48. The molecule has 19 heavy (non-hydrogen) atoms. The molecule has 0 radical (unpaired) electrons. The first-order valence-electron chi connectivity index (χ1n) is 6.77. The molecule has 0 aromatic heterocycles. The van der Waals surface area contributed by atoms with Crippen LogP contribution in [0.5, 0.6) is 0 Å². The molecule has 0 aliphatic carbocycles. The minimum atomic E-state index is -0.189. The first-order valence-corrected chi connectivity index (χ1v) is 6.77. The molecule has 0 spiro atoms. The molecular formula is C17H23NO. The van der Waals surface area contributed by atoms with Crippen LogP contribution in [0.25, 0.3) is 10.8 Å². The smallest absolute Gasteiger partial charge is 0.0778 e. The fraction of sp³-hybridized carbons (Fsp3) is 0.412. The molecule has 0 saturated carbocycles. The molecule has 2 aromatic rings. The lowest BCUT2D eigenvalue weighted by molar-refractivity contribution is -0.00788. The van der Waals surface area contributed by atoms with E-state index in [9.17, 15) is 0 Å². The Kier molecular flexibility index (Phi) is 4.23. The molecule has 0 bridgehead atoms. The van der Waals surface area contributed by atoms with E-state index >= 15 is 0 Å². The molecule has 1 unspecified atom stereocenters. The van der Waals surface area contributed by atoms with Gasteiger partial charge in [0.25, 0.3) is 0 Å². The van der Waals surface area contributed by atoms with Gasteiger partial charge in [-0.3, -0.25) is 0 Å². The monoisotopic (exact) mass is 257 g/mol. The van der Waals surface area contributed by atoms with Gasteiger partial charge in [0.1, 0.15) is 0 Å². The summed E-state index contributed by atoms with van der Waals surface area (Å²) in [6.45, 7) is 4.25. The van der Waals surface area contributed by atoms with Crippen molar-refractivity contribution in [1.82, 2.24) is 5.32 Å². The number of likely N-dealkylation sites (N-methyl/N-ethyl adjacent to an activating group) is 1. The van der Waals surface area contributed by atoms with Crippen LogP contribution in [0.3, 0.4) is 0 Å². The van der Waals surface area contributed by atoms with Gasteiger partial charge in [-0.1, -0.05) is 42.5 Å². The van der Waals surface area contributed by atoms with Gasteiger partial charge in [-0.25, -0.2) is 0 Å². The van der Waals surface area contributed by atoms with Crippen LogP contribution < -0.4 is 5.32 Å². The zero-order valence-electron chi connectivity index (χ0n) is 12.2. The highest BCUT2D eigenvalue weighted by Crippen LogP contribution is 2.23. The second-order valence-corrected chi connectivity index (χ2v) is 5.49. The lowest BCUT2D eigenvalue weighted by atomic mass is 9.90. The Labute approximate surface area is 115 Å². The Hall–Kier alpha value is -1.38. The predicted octanol–water partition coefficient (Wildman–Crippen LogP) is 3.40. The van der Waals surface area contributed by atoms with E-state index in [0.29, 0.717) is 0 Å². The molecule has 0 amide bonds. The van der Waals surface area contributed by atoms with E-state index in [2.05, 4.69) is 61.6 Å². The van der Waals surface area contributed by atoms with Crippen LogP contribution in [0.1, 0.15) is 19.4 Å². The molecule has 102 valence electrons. The second-order valence-electron chi connectivity index (χ2n) is 5.49. The van der Waals surface area contributed by atoms with Gasteiger partial charge in [-0.15, -0.1) is 0 Å². The number of nitrogens with one attached hydrogen (secondary N) is 1. The number of hydrogen-bond acceptors (Lipinski definition) is 2. The Balaban J connectivity index is 2.35. The maximum Gasteiger partial charge on any atom is 0.0778 e. The molecule has 0 heterocycles. The van der Waals surface area contributed by atoms with Gasteiger partial charge in [-0.05, 0) is 43.7 Å². The van der Waals surface area contributed by atoms with Gasteiger partial charge in [0, 0.05) is 13.2 Å². The van der Waals surface area contributed by atoms with Crippen molar-refractivity contribution in [3.05, 3.63) is 48.0 Å². The summed E-state index contributed by atoms with van der Waals surface area (Å²) in [6, 6.07) is 15.3. The summed E-state index contributed by atoms with van der Waals surface area (Å²) in [5, 5.41) is 6.01. The van der Waals surface area contributed by atoms with Gasteiger partial charge in [0.15, 0.2) is 0 Å². The maximum atomic E-state index is 5.61. The zero-order valence-corrected chi connectivity index (χ0v) is 12.2. The summed E-state index contributed by atoms with van der Waals surface area (Å²) in [6.07, 6.45) is 0.957. The summed E-state index contributed by atoms with van der Waals surface area (Å²) in [4.78, 5) is 0. The molecule has 1 atom stereocenters. The highest BCUT2D eigenvalue weighted by molar-refractivity contribution is 5.85. The maximum absolute atomic E-state index is 5.61. The van der Waals surface area contributed by atoms with E-state index in [1.807, 2.05) is 7.05 Å². The van der Waals surface area contributed by atoms with Crippen molar-refractivity contribution in [3.8, 4) is 0 Å². The first-order chi connectivity index (χ1) is 9.08. The minimum absolute atomic E-state index is 0.189. The van der Waals surface area contributed by atoms with Crippen LogP contribution in [0.2, 0.25) is 0 Å². The largest absolute Gasteiger partial charge is 0.377 e. The third-order valence-electron chi connectivity index (χ3n) is 4.02. The molecule has 0 saturated heterocycles. The number of benzene rings is 2. The van der Waals surface area contributed by atoms with Crippen molar-refractivity contribution >= 4 is 10.8 Å². The highest BCUT2D eigenvalue weighted by Gasteiger charge is 2.28. The van der Waals surface area contributed by atoms with Gasteiger partial charge >= 0.3 is 0 Å². The highest BCUT2D eigenvalue weighted by atomic mass is 16.5. The number of methoxy groups -OCH3 is 1. The fourth-order valence-corrected chi connectivity index (χ4v) is 2.53. The van der Waals surface area contributed by atoms with E-state index in [-0.39, 0.29) is 11.6 Å². The van der Waals surface area contributed by atoms with Gasteiger partial charge < -0.3 is 10.1 Å². The quantitative estimate of drug-likeness (QED) is 0.886. The molecule has 2 aromatic carbocycles. The van der Waals surface area contributed by atoms with E-state index in [1.165, 1.54) is 16.3 Å². The lowest BCUT2D eigenvalue weighted by Gasteiger charge is -2.33. The fourth-order valence-electron chi connectivity index (χ4n) is 2.53. The molecule has 2 nitrogen and oxygen atoms in total. The number of ether oxygens (including phenoxy) is 1. The summed E-state index contributed by atoms with van der Waals surface area (Å²) in [5.74, 6) is 0. The van der Waals surface area contributed by atoms with Crippen molar-refractivity contribution in [2.45, 2.75) is 31.9 Å². The van der Waals surface area contributed by atoms with Crippen molar-refractivity contribution in [1.29, 1.82) is 0 Å². The molecule has 2 rings (SSSR count). The SMILES string of the molecule is CNC(Cc1cccc2ccccc12)C(C)(C)OC. The van der Waals surface area contributed by atoms with Crippen molar-refractivity contribution in [2.24, 2.45) is 0 Å². The average Bonchev–Trinajstić information content (AvgIpc) is 2.44. The van der Waals surface area contributed by atoms with Crippen LogP contribution >= 0.6 is 0 Å². The van der Waals surface area contributed by atoms with E-state index in [0.717, 1.165) is 6.42 Å². The normalized spacial score (nSPS) is 13.7. The van der Waals surface area contributed by atoms with Crippen LogP contribution in [-0.4, -0.2) is 25.8 Å². The van der Waals surface area contributed by atoms with Gasteiger partial charge in [-0.2, -0.15) is 0 Å². The van der Waals surface area contributed by atoms with Crippen molar-refractivity contribution < 1.29 is 4.74 Å². The third-order valence-corrected chi connectivity index (χ3v) is 4.02. The summed E-state index contributed by atoms with van der Waals surface area (Å²) >= 11 is 0. The van der Waals surface area contributed by atoms with E-state index in [4.69, 9.17) is 4.74 Å². The Morgan fingerprint density at radius 2 is 1.79 bits per heavy atom. The standard InChI is InChI=1S/C17H23NO/c1-17(2,19-4)16(18-3)12-14-10-7-9-13-8-5-6-11-15(13)14/h5-11,16,18H,12H2,1-4H3. The zero-order chi connectivity index (χ0) is 13.9. The predicted molar refractivity (Wildman–Crippen MR) is 81.6 cm³/mol. The average molecular weight is 257 g/mol. The number of fused-ring (bicyclic) bond motifs is 1. The topological polar surface area (TPSA) is 21.3 Å². The summed E-state index contributed by atoms with van der Waals surface area (Å²) < 4.78 is 5.61. The van der Waals surface area contributed by atoms with Crippen molar-refractivity contribution in [3.63, 3.8) is 0 Å². The van der Waals surface area contributed by atoms with Gasteiger partial charge in [0.05, 0.1) is 5.60 Å². The Bertz CT molecular complexity index is 542. The summed E-state index contributed by atoms with van der Waals surface area (Å²) in [7, 11) is 3.77. The minimum Gasteiger partial charge on any atom is -0.377 e. The molecule has 1 N–H and O–H groups in total. The van der Waals surface area contributed by atoms with Crippen LogP contribution in [-0.2, 0) is 11.2 Å². The number of rotatable bonds is 5. The second kappa shape index (κ2) is 5.72. The number of hydrogen-bond donors (Lipinski definition) is 1. The molecular weight excluding hydrogens is 234 g/mol. The van der Waals surface area contributed by atoms with E-state index < -0.39 is 0 Å². The molecule has 0 fully saturated rings. The van der Waals surface area contributed by atoms with Crippen LogP contribution in [0.4, 0.5) is 0 Å².